The largest absolute Gasteiger partial charge is 0.292 e. The van der Waals surface area contributed by atoms with Crippen LogP contribution < -0.4 is 0 Å². The van der Waals surface area contributed by atoms with Gasteiger partial charge < -0.3 is 0 Å². The van der Waals surface area contributed by atoms with Gasteiger partial charge in [-0.3, -0.25) is 9.16 Å². The summed E-state index contributed by atoms with van der Waals surface area (Å²) in [6.45, 7) is 2.27. The van der Waals surface area contributed by atoms with Crippen LogP contribution in [0.5, 0.6) is 0 Å². The van der Waals surface area contributed by atoms with E-state index in [-0.39, 0.29) is 0 Å². The summed E-state index contributed by atoms with van der Waals surface area (Å²) in [6.07, 6.45) is 11.0. The zero-order valence-electron chi connectivity index (χ0n) is 6.86. The minimum atomic E-state index is -1.10. The second-order valence-electron chi connectivity index (χ2n) is 4.67. The van der Waals surface area contributed by atoms with E-state index in [1.165, 1.54) is 12.2 Å². The van der Waals surface area contributed by atoms with Crippen molar-refractivity contribution in [2.24, 2.45) is 0 Å². The molecule has 0 saturated carbocycles. The maximum absolute atomic E-state index is 2.43. The number of rotatable bonds is 2. The summed E-state index contributed by atoms with van der Waals surface area (Å²) in [4.78, 5) is 0. The van der Waals surface area contributed by atoms with Crippen molar-refractivity contribution < 1.29 is 0 Å². The molecule has 1 heteroatoms. The number of hydrogen-bond donors (Lipinski definition) is 1. The Morgan fingerprint density at radius 2 is 1.38 bits per heavy atom. The van der Waals surface area contributed by atoms with E-state index >= 15 is 0 Å². The lowest BCUT2D eigenvalue weighted by atomic mass is 10.6. The molecule has 0 unspecified atom stereocenters. The van der Waals surface area contributed by atoms with Crippen molar-refractivity contribution >= 4 is 9.16 Å². The van der Waals surface area contributed by atoms with Gasteiger partial charge in [-0.2, -0.15) is 0 Å². The molecular formula is C7H20S. The first kappa shape index (κ1) is 8.35. The van der Waals surface area contributed by atoms with E-state index in [0.29, 0.717) is 0 Å². The van der Waals surface area contributed by atoms with Gasteiger partial charge in [-0.1, -0.05) is 6.92 Å². The molecule has 0 saturated heterocycles. The molecule has 0 nitrogen and oxygen atoms in total. The van der Waals surface area contributed by atoms with Crippen molar-refractivity contribution in [1.82, 2.24) is 0 Å². The van der Waals surface area contributed by atoms with Crippen molar-refractivity contribution in [2.45, 2.75) is 13.3 Å². The fraction of sp³-hybridized carbons (Fsp3) is 1.00. The van der Waals surface area contributed by atoms with Crippen LogP contribution in [0.1, 0.15) is 13.3 Å². The summed E-state index contributed by atoms with van der Waals surface area (Å²) in [5, 5.41) is 0. The summed E-state index contributed by atoms with van der Waals surface area (Å²) in [5.41, 5.74) is 0. The van der Waals surface area contributed by atoms with Gasteiger partial charge in [0.2, 0.25) is 0 Å². The molecule has 0 spiro atoms. The molecule has 0 aromatic rings. The quantitative estimate of drug-likeness (QED) is 0.551. The highest BCUT2D eigenvalue weighted by atomic mass is 32.3. The Morgan fingerprint density at radius 1 is 1.00 bits per heavy atom. The Kier molecular flexibility index (Phi) is 2.03. The topological polar surface area (TPSA) is 0 Å². The van der Waals surface area contributed by atoms with Gasteiger partial charge in [-0.05, 0) is 37.2 Å². The van der Waals surface area contributed by atoms with E-state index in [2.05, 4.69) is 31.9 Å². The predicted octanol–water partition coefficient (Wildman–Crippen LogP) is 1.99. The molecule has 0 bridgehead atoms. The Labute approximate surface area is 54.0 Å². The van der Waals surface area contributed by atoms with Gasteiger partial charge in [0.05, 0.1) is 0 Å². The molecule has 0 radical (unpaired) electrons. The standard InChI is InChI=1S/C7H20S/c1-6-7-8(2,3,4)5/h8H,6-7H2,1-5H3. The fourth-order valence-corrected chi connectivity index (χ4v) is 2.68. The number of hydrogen-bond acceptors (Lipinski definition) is 0. The van der Waals surface area contributed by atoms with E-state index in [1.54, 1.807) is 0 Å². The van der Waals surface area contributed by atoms with Crippen LogP contribution in [0.3, 0.4) is 0 Å². The Bertz CT molecular complexity index is 66.9. The summed E-state index contributed by atoms with van der Waals surface area (Å²) >= 11 is 0. The zero-order chi connectivity index (χ0) is 6.86. The van der Waals surface area contributed by atoms with E-state index in [0.717, 1.165) is 0 Å². The van der Waals surface area contributed by atoms with Crippen LogP contribution in [-0.2, 0) is 0 Å². The lowest BCUT2D eigenvalue weighted by Gasteiger charge is -2.46. The summed E-state index contributed by atoms with van der Waals surface area (Å²) in [7, 11) is -1.10. The van der Waals surface area contributed by atoms with Crippen LogP contribution in [0.2, 0.25) is 0 Å². The lowest BCUT2D eigenvalue weighted by molar-refractivity contribution is 1.09. The van der Waals surface area contributed by atoms with Crippen LogP contribution in [-0.4, -0.2) is 30.8 Å². The third-order valence-corrected chi connectivity index (χ3v) is 3.35. The third-order valence-electron chi connectivity index (χ3n) is 1.12. The van der Waals surface area contributed by atoms with Gasteiger partial charge in [0, 0.05) is 0 Å². The van der Waals surface area contributed by atoms with Crippen LogP contribution in [0.25, 0.3) is 0 Å². The molecule has 0 aliphatic carbocycles. The molecule has 0 aromatic carbocycles. The van der Waals surface area contributed by atoms with Crippen molar-refractivity contribution in [1.29, 1.82) is 0 Å². The molecule has 0 rings (SSSR count). The van der Waals surface area contributed by atoms with Gasteiger partial charge in [-0.25, -0.2) is 0 Å². The molecule has 54 valence electrons. The Hall–Kier alpha value is 0.350. The van der Waals surface area contributed by atoms with Crippen molar-refractivity contribution in [3.8, 4) is 0 Å². The van der Waals surface area contributed by atoms with Crippen LogP contribution in [0.4, 0.5) is 0 Å². The summed E-state index contributed by atoms with van der Waals surface area (Å²) in [6, 6.07) is 0. The van der Waals surface area contributed by atoms with Crippen molar-refractivity contribution in [3.05, 3.63) is 0 Å². The van der Waals surface area contributed by atoms with Gasteiger partial charge >= 0.3 is 0 Å². The van der Waals surface area contributed by atoms with E-state index in [4.69, 9.17) is 0 Å². The molecule has 0 amide bonds. The predicted molar refractivity (Wildman–Crippen MR) is 47.8 cm³/mol. The zero-order valence-corrected chi connectivity index (χ0v) is 7.76. The lowest BCUT2D eigenvalue weighted by Crippen LogP contribution is -2.14. The number of thiol groups is 1. The van der Waals surface area contributed by atoms with Gasteiger partial charge in [0.25, 0.3) is 0 Å². The molecule has 0 heterocycles. The van der Waals surface area contributed by atoms with Crippen molar-refractivity contribution in [2.75, 3.05) is 30.8 Å². The molecule has 0 fully saturated rings. The van der Waals surface area contributed by atoms with E-state index in [9.17, 15) is 0 Å². The van der Waals surface area contributed by atoms with Crippen molar-refractivity contribution in [3.63, 3.8) is 0 Å². The summed E-state index contributed by atoms with van der Waals surface area (Å²) < 4.78 is 0. The first-order chi connectivity index (χ1) is 3.31. The van der Waals surface area contributed by atoms with Crippen LogP contribution >= 0.6 is 9.16 Å². The molecule has 0 N–H and O–H groups in total. The first-order valence-electron chi connectivity index (χ1n) is 3.31. The minimum Gasteiger partial charge on any atom is -0.292 e. The molecule has 8 heavy (non-hydrogen) atoms. The highest BCUT2D eigenvalue weighted by molar-refractivity contribution is 8.47. The average molecular weight is 136 g/mol. The highest BCUT2D eigenvalue weighted by Crippen LogP contribution is 2.55. The Morgan fingerprint density at radius 3 is 1.38 bits per heavy atom. The Balaban J connectivity index is 3.73. The van der Waals surface area contributed by atoms with Crippen LogP contribution in [0, 0.1) is 0 Å². The van der Waals surface area contributed by atoms with Gasteiger partial charge in [0.15, 0.2) is 0 Å². The highest BCUT2D eigenvalue weighted by Gasteiger charge is 2.15. The van der Waals surface area contributed by atoms with E-state index < -0.39 is 9.16 Å². The monoisotopic (exact) mass is 136 g/mol. The van der Waals surface area contributed by atoms with Gasteiger partial charge in [-0.15, -0.1) is 0 Å². The molecule has 0 aromatic heterocycles. The summed E-state index contributed by atoms with van der Waals surface area (Å²) in [5.74, 6) is 1.44. The fourth-order valence-electron chi connectivity index (χ4n) is 0.894. The maximum Gasteiger partial charge on any atom is -0.0367 e. The first-order valence-corrected chi connectivity index (χ1v) is 7.52. The molecular weight excluding hydrogens is 116 g/mol. The molecule has 0 aliphatic rings. The third kappa shape index (κ3) is 6.35. The SMILES string of the molecule is CCC[SH](C)(C)(C)C. The van der Waals surface area contributed by atoms with Crippen LogP contribution in [0.15, 0.2) is 0 Å². The minimum absolute atomic E-state index is 1.10. The normalized spacial score (nSPS) is 17.4. The smallest absolute Gasteiger partial charge is 0.0367 e. The second kappa shape index (κ2) is 1.94. The maximum atomic E-state index is 2.43. The average Bonchev–Trinajstić information content (AvgIpc) is 1.25. The van der Waals surface area contributed by atoms with Gasteiger partial charge in [0.1, 0.15) is 0 Å². The second-order valence-corrected chi connectivity index (χ2v) is 13.0. The molecule has 0 atom stereocenters. The van der Waals surface area contributed by atoms with E-state index in [1.807, 2.05) is 0 Å². The molecule has 0 aliphatic heterocycles.